The van der Waals surface area contributed by atoms with Crippen LogP contribution in [0, 0.1) is 0 Å². The Morgan fingerprint density at radius 1 is 1.26 bits per heavy atom. The molecule has 0 radical (unpaired) electrons. The highest BCUT2D eigenvalue weighted by Gasteiger charge is 2.33. The van der Waals surface area contributed by atoms with Crippen molar-refractivity contribution in [1.29, 1.82) is 0 Å². The molecule has 0 aliphatic heterocycles. The molecule has 1 atom stereocenters. The molecule has 0 aromatic carbocycles. The zero-order chi connectivity index (χ0) is 14.6. The molecule has 0 saturated heterocycles. The van der Waals surface area contributed by atoms with Crippen LogP contribution in [0.5, 0.6) is 0 Å². The van der Waals surface area contributed by atoms with E-state index in [1.165, 1.54) is 0 Å². The Morgan fingerprint density at radius 3 is 2.26 bits per heavy atom. The lowest BCUT2D eigenvalue weighted by molar-refractivity contribution is -0.144. The number of nitrogens with zero attached hydrogens (tertiary/aromatic N) is 2. The standard InChI is InChI=1S/C9H8F3N3O4/c10-9(11,12)5-1-2-6(15-14-5)13-4(8(18)19)3-7(16)17/h1-2,4H,3H2,(H,13,15)(H,16,17)(H,18,19). The number of carboxylic acids is 2. The average molecular weight is 279 g/mol. The Hall–Kier alpha value is -2.39. The van der Waals surface area contributed by atoms with Crippen LogP contribution in [0.2, 0.25) is 0 Å². The first kappa shape index (κ1) is 14.7. The molecule has 3 N–H and O–H groups in total. The second-order valence-corrected chi connectivity index (χ2v) is 3.43. The number of hydrogen-bond acceptors (Lipinski definition) is 5. The van der Waals surface area contributed by atoms with Gasteiger partial charge in [-0.25, -0.2) is 4.79 Å². The van der Waals surface area contributed by atoms with E-state index in [4.69, 9.17) is 10.2 Å². The third-order valence-electron chi connectivity index (χ3n) is 1.95. The molecule has 1 aromatic rings. The lowest BCUT2D eigenvalue weighted by Crippen LogP contribution is -2.32. The molecule has 0 aliphatic carbocycles. The van der Waals surface area contributed by atoms with E-state index in [9.17, 15) is 22.8 Å². The van der Waals surface area contributed by atoms with Gasteiger partial charge in [-0.3, -0.25) is 4.79 Å². The number of aliphatic carboxylic acids is 2. The van der Waals surface area contributed by atoms with Gasteiger partial charge in [-0.15, -0.1) is 10.2 Å². The lowest BCUT2D eigenvalue weighted by atomic mass is 10.2. The number of rotatable bonds is 5. The molecule has 0 fully saturated rings. The molecule has 0 saturated carbocycles. The molecule has 0 amide bonds. The SMILES string of the molecule is O=C(O)CC(Nc1ccc(C(F)(F)F)nn1)C(=O)O. The summed E-state index contributed by atoms with van der Waals surface area (Å²) in [6.07, 6.45) is -5.41. The van der Waals surface area contributed by atoms with Gasteiger partial charge in [0.1, 0.15) is 11.9 Å². The van der Waals surface area contributed by atoms with Crippen LogP contribution in [0.3, 0.4) is 0 Å². The van der Waals surface area contributed by atoms with Gasteiger partial charge in [0.25, 0.3) is 0 Å². The molecule has 0 bridgehead atoms. The molecule has 0 spiro atoms. The lowest BCUT2D eigenvalue weighted by Gasteiger charge is -2.12. The Bertz CT molecular complexity index is 475. The van der Waals surface area contributed by atoms with E-state index in [1.807, 2.05) is 0 Å². The summed E-state index contributed by atoms with van der Waals surface area (Å²) < 4.78 is 36.6. The van der Waals surface area contributed by atoms with Crippen LogP contribution in [0.4, 0.5) is 19.0 Å². The van der Waals surface area contributed by atoms with E-state index in [-0.39, 0.29) is 5.82 Å². The second kappa shape index (κ2) is 5.50. The summed E-state index contributed by atoms with van der Waals surface area (Å²) in [7, 11) is 0. The summed E-state index contributed by atoms with van der Waals surface area (Å²) in [5.74, 6) is -3.11. The smallest absolute Gasteiger partial charge is 0.435 e. The monoisotopic (exact) mass is 279 g/mol. The zero-order valence-corrected chi connectivity index (χ0v) is 9.18. The number of hydrogen-bond donors (Lipinski definition) is 3. The van der Waals surface area contributed by atoms with Crippen molar-refractivity contribution in [3.8, 4) is 0 Å². The molecule has 0 aliphatic rings. The van der Waals surface area contributed by atoms with Gasteiger partial charge in [0.2, 0.25) is 0 Å². The van der Waals surface area contributed by atoms with Gasteiger partial charge in [0.15, 0.2) is 5.69 Å². The minimum absolute atomic E-state index is 0.262. The molecule has 1 aromatic heterocycles. The van der Waals surface area contributed by atoms with E-state index >= 15 is 0 Å². The summed E-state index contributed by atoms with van der Waals surface area (Å²) in [5.41, 5.74) is -1.23. The Balaban J connectivity index is 2.81. The van der Waals surface area contributed by atoms with Crippen LogP contribution in [-0.2, 0) is 15.8 Å². The maximum atomic E-state index is 12.2. The molecule has 1 heterocycles. The van der Waals surface area contributed by atoms with Crippen molar-refractivity contribution in [2.75, 3.05) is 5.32 Å². The van der Waals surface area contributed by atoms with E-state index in [0.29, 0.717) is 6.07 Å². The van der Waals surface area contributed by atoms with E-state index < -0.39 is 36.3 Å². The molecule has 10 heteroatoms. The molecule has 1 unspecified atom stereocenters. The maximum absolute atomic E-state index is 12.2. The van der Waals surface area contributed by atoms with Gasteiger partial charge in [-0.05, 0) is 12.1 Å². The minimum Gasteiger partial charge on any atom is -0.481 e. The number of alkyl halides is 3. The summed E-state index contributed by atoms with van der Waals surface area (Å²) >= 11 is 0. The molecule has 1 rings (SSSR count). The van der Waals surface area contributed by atoms with Crippen LogP contribution in [0.1, 0.15) is 12.1 Å². The highest BCUT2D eigenvalue weighted by atomic mass is 19.4. The van der Waals surface area contributed by atoms with Crippen molar-refractivity contribution >= 4 is 17.8 Å². The van der Waals surface area contributed by atoms with Gasteiger partial charge in [0, 0.05) is 0 Å². The van der Waals surface area contributed by atoms with Crippen LogP contribution in [0.15, 0.2) is 12.1 Å². The van der Waals surface area contributed by atoms with Crippen molar-refractivity contribution < 1.29 is 33.0 Å². The Labute approximate surface area is 104 Å². The number of carbonyl (C=O) groups is 2. The van der Waals surface area contributed by atoms with Crippen LogP contribution < -0.4 is 5.32 Å². The quantitative estimate of drug-likeness (QED) is 0.731. The fourth-order valence-corrected chi connectivity index (χ4v) is 1.11. The molecule has 7 nitrogen and oxygen atoms in total. The van der Waals surface area contributed by atoms with Crippen molar-refractivity contribution in [2.45, 2.75) is 18.6 Å². The van der Waals surface area contributed by atoms with Crippen LogP contribution in [-0.4, -0.2) is 38.4 Å². The van der Waals surface area contributed by atoms with Crippen molar-refractivity contribution in [1.82, 2.24) is 10.2 Å². The Kier molecular flexibility index (Phi) is 4.25. The van der Waals surface area contributed by atoms with E-state index in [0.717, 1.165) is 6.07 Å². The summed E-state index contributed by atoms with van der Waals surface area (Å²) in [6.45, 7) is 0. The van der Waals surface area contributed by atoms with Gasteiger partial charge >= 0.3 is 18.1 Å². The first-order valence-corrected chi connectivity index (χ1v) is 4.82. The second-order valence-electron chi connectivity index (χ2n) is 3.43. The van der Waals surface area contributed by atoms with Crippen molar-refractivity contribution in [3.05, 3.63) is 17.8 Å². The molecule has 19 heavy (non-hydrogen) atoms. The van der Waals surface area contributed by atoms with E-state index in [2.05, 4.69) is 15.5 Å². The van der Waals surface area contributed by atoms with E-state index in [1.54, 1.807) is 0 Å². The number of anilines is 1. The number of halogens is 3. The highest BCUT2D eigenvalue weighted by Crippen LogP contribution is 2.27. The Morgan fingerprint density at radius 2 is 1.89 bits per heavy atom. The van der Waals surface area contributed by atoms with Gasteiger partial charge < -0.3 is 15.5 Å². The summed E-state index contributed by atoms with van der Waals surface area (Å²) in [6, 6.07) is -0.0358. The summed E-state index contributed by atoms with van der Waals surface area (Å²) in [4.78, 5) is 21.1. The number of aromatic nitrogens is 2. The minimum atomic E-state index is -4.65. The highest BCUT2D eigenvalue weighted by molar-refractivity contribution is 5.83. The fraction of sp³-hybridized carbons (Fsp3) is 0.333. The molecular weight excluding hydrogens is 271 g/mol. The zero-order valence-electron chi connectivity index (χ0n) is 9.18. The van der Waals surface area contributed by atoms with Crippen LogP contribution in [0.25, 0.3) is 0 Å². The predicted octanol–water partition coefficient (Wildman–Crippen LogP) is 0.835. The van der Waals surface area contributed by atoms with Gasteiger partial charge in [-0.1, -0.05) is 0 Å². The maximum Gasteiger partial charge on any atom is 0.435 e. The van der Waals surface area contributed by atoms with Crippen molar-refractivity contribution in [2.24, 2.45) is 0 Å². The van der Waals surface area contributed by atoms with Gasteiger partial charge in [-0.2, -0.15) is 13.2 Å². The fourth-order valence-electron chi connectivity index (χ4n) is 1.11. The average Bonchev–Trinajstić information content (AvgIpc) is 2.27. The van der Waals surface area contributed by atoms with Gasteiger partial charge in [0.05, 0.1) is 6.42 Å². The first-order valence-electron chi connectivity index (χ1n) is 4.82. The largest absolute Gasteiger partial charge is 0.481 e. The predicted molar refractivity (Wildman–Crippen MR) is 54.3 cm³/mol. The summed E-state index contributed by atoms with van der Waals surface area (Å²) in [5, 5.41) is 25.4. The normalized spacial score (nSPS) is 12.8. The number of carboxylic acid groups (broad SMARTS) is 2. The van der Waals surface area contributed by atoms with Crippen molar-refractivity contribution in [3.63, 3.8) is 0 Å². The topological polar surface area (TPSA) is 112 Å². The molecule has 104 valence electrons. The third-order valence-corrected chi connectivity index (χ3v) is 1.95. The number of nitrogens with one attached hydrogen (secondary N) is 1. The first-order chi connectivity index (χ1) is 8.70. The molecular formula is C9H8F3N3O4. The third kappa shape index (κ3) is 4.41. The van der Waals surface area contributed by atoms with Crippen LogP contribution >= 0.6 is 0 Å².